The second kappa shape index (κ2) is 8.45. The van der Waals surface area contributed by atoms with Crippen LogP contribution in [0.15, 0.2) is 0 Å². The largest absolute Gasteiger partial charge is 0.377 e. The number of nitrogens with two attached hydrogens (primary N) is 1. The fraction of sp³-hybridized carbons (Fsp3) is 0.923. The molecule has 1 unspecified atom stereocenters. The summed E-state index contributed by atoms with van der Waals surface area (Å²) in [6, 6.07) is 0. The summed E-state index contributed by atoms with van der Waals surface area (Å²) in [6.07, 6.45) is 3.07. The van der Waals surface area contributed by atoms with Crippen molar-refractivity contribution < 1.29 is 9.53 Å². The first-order valence-corrected chi connectivity index (χ1v) is 6.96. The third kappa shape index (κ3) is 4.92. The standard InChI is InChI=1S/C13H27N3O2/c1-3-18-12(10-14)6-9-16-7-4-11(5-8-16)13(17)15-2/h11-12H,3-10,14H2,1-2H3,(H,15,17). The van der Waals surface area contributed by atoms with E-state index in [-0.39, 0.29) is 17.9 Å². The van der Waals surface area contributed by atoms with Crippen LogP contribution in [0.3, 0.4) is 0 Å². The molecule has 0 saturated carbocycles. The highest BCUT2D eigenvalue weighted by Crippen LogP contribution is 2.17. The van der Waals surface area contributed by atoms with Crippen LogP contribution in [0.1, 0.15) is 26.2 Å². The molecule has 0 aliphatic carbocycles. The van der Waals surface area contributed by atoms with Crippen molar-refractivity contribution in [3.8, 4) is 0 Å². The molecule has 106 valence electrons. The van der Waals surface area contributed by atoms with Gasteiger partial charge in [0.2, 0.25) is 5.91 Å². The third-order valence-electron chi connectivity index (χ3n) is 3.64. The maximum atomic E-state index is 11.5. The molecule has 0 bridgehead atoms. The predicted molar refractivity (Wildman–Crippen MR) is 72.3 cm³/mol. The normalized spacial score (nSPS) is 19.7. The van der Waals surface area contributed by atoms with Gasteiger partial charge in [-0.25, -0.2) is 0 Å². The smallest absolute Gasteiger partial charge is 0.222 e. The molecule has 1 heterocycles. The average Bonchev–Trinajstić information content (AvgIpc) is 2.43. The molecule has 0 aromatic rings. The van der Waals surface area contributed by atoms with Gasteiger partial charge in [-0.2, -0.15) is 0 Å². The lowest BCUT2D eigenvalue weighted by molar-refractivity contribution is -0.125. The molecular weight excluding hydrogens is 230 g/mol. The van der Waals surface area contributed by atoms with Crippen molar-refractivity contribution in [3.05, 3.63) is 0 Å². The summed E-state index contributed by atoms with van der Waals surface area (Å²) in [4.78, 5) is 13.9. The molecule has 0 aromatic carbocycles. The minimum Gasteiger partial charge on any atom is -0.377 e. The summed E-state index contributed by atoms with van der Waals surface area (Å²) in [7, 11) is 1.71. The quantitative estimate of drug-likeness (QED) is 0.683. The molecule has 18 heavy (non-hydrogen) atoms. The zero-order valence-electron chi connectivity index (χ0n) is 11.7. The summed E-state index contributed by atoms with van der Waals surface area (Å²) >= 11 is 0. The zero-order chi connectivity index (χ0) is 13.4. The zero-order valence-corrected chi connectivity index (χ0v) is 11.7. The number of rotatable bonds is 7. The number of hydrogen-bond acceptors (Lipinski definition) is 4. The van der Waals surface area contributed by atoms with Crippen molar-refractivity contribution in [2.24, 2.45) is 11.7 Å². The van der Waals surface area contributed by atoms with Crippen LogP contribution in [0, 0.1) is 5.92 Å². The van der Waals surface area contributed by atoms with E-state index in [4.69, 9.17) is 10.5 Å². The molecule has 0 spiro atoms. The molecule has 0 aromatic heterocycles. The van der Waals surface area contributed by atoms with Gasteiger partial charge in [-0.3, -0.25) is 4.79 Å². The highest BCUT2D eigenvalue weighted by molar-refractivity contribution is 5.78. The molecular formula is C13H27N3O2. The Labute approximate surface area is 110 Å². The van der Waals surface area contributed by atoms with E-state index in [2.05, 4.69) is 10.2 Å². The maximum Gasteiger partial charge on any atom is 0.222 e. The molecule has 0 radical (unpaired) electrons. The Kier molecular flexibility index (Phi) is 7.23. The number of likely N-dealkylation sites (tertiary alicyclic amines) is 1. The Morgan fingerprint density at radius 1 is 1.50 bits per heavy atom. The van der Waals surface area contributed by atoms with E-state index in [1.54, 1.807) is 7.05 Å². The van der Waals surface area contributed by atoms with Crippen LogP contribution in [0.2, 0.25) is 0 Å². The first-order chi connectivity index (χ1) is 8.71. The van der Waals surface area contributed by atoms with Gasteiger partial charge in [0.05, 0.1) is 6.10 Å². The summed E-state index contributed by atoms with van der Waals surface area (Å²) in [5.41, 5.74) is 5.66. The van der Waals surface area contributed by atoms with Gasteiger partial charge in [0, 0.05) is 32.7 Å². The van der Waals surface area contributed by atoms with E-state index < -0.39 is 0 Å². The first kappa shape index (κ1) is 15.4. The van der Waals surface area contributed by atoms with Gasteiger partial charge in [0.25, 0.3) is 0 Å². The third-order valence-corrected chi connectivity index (χ3v) is 3.64. The maximum absolute atomic E-state index is 11.5. The second-order valence-corrected chi connectivity index (χ2v) is 4.83. The van der Waals surface area contributed by atoms with Crippen LogP contribution in [0.25, 0.3) is 0 Å². The van der Waals surface area contributed by atoms with Crippen molar-refractivity contribution in [3.63, 3.8) is 0 Å². The Hall–Kier alpha value is -0.650. The summed E-state index contributed by atoms with van der Waals surface area (Å²) < 4.78 is 5.54. The molecule has 3 N–H and O–H groups in total. The molecule has 1 rings (SSSR count). The molecule has 1 aliphatic rings. The van der Waals surface area contributed by atoms with E-state index in [1.807, 2.05) is 6.92 Å². The van der Waals surface area contributed by atoms with Crippen LogP contribution in [-0.4, -0.2) is 56.7 Å². The van der Waals surface area contributed by atoms with Gasteiger partial charge in [-0.1, -0.05) is 0 Å². The molecule has 1 amide bonds. The fourth-order valence-corrected chi connectivity index (χ4v) is 2.45. The van der Waals surface area contributed by atoms with Crippen molar-refractivity contribution in [2.75, 3.05) is 39.8 Å². The Morgan fingerprint density at radius 2 is 2.17 bits per heavy atom. The Morgan fingerprint density at radius 3 is 2.67 bits per heavy atom. The van der Waals surface area contributed by atoms with Crippen molar-refractivity contribution in [1.82, 2.24) is 10.2 Å². The number of carbonyl (C=O) groups excluding carboxylic acids is 1. The van der Waals surface area contributed by atoms with Crippen molar-refractivity contribution in [2.45, 2.75) is 32.3 Å². The summed E-state index contributed by atoms with van der Waals surface area (Å²) in [5.74, 6) is 0.382. The van der Waals surface area contributed by atoms with E-state index in [1.165, 1.54) is 0 Å². The van der Waals surface area contributed by atoms with Crippen LogP contribution in [0.4, 0.5) is 0 Å². The summed E-state index contributed by atoms with van der Waals surface area (Å²) in [6.45, 7) is 6.33. The van der Waals surface area contributed by atoms with E-state index >= 15 is 0 Å². The minimum atomic E-state index is 0.173. The number of nitrogens with zero attached hydrogens (tertiary/aromatic N) is 1. The van der Waals surface area contributed by atoms with Gasteiger partial charge in [0.1, 0.15) is 0 Å². The lowest BCUT2D eigenvalue weighted by atomic mass is 9.96. The molecule has 1 saturated heterocycles. The van der Waals surface area contributed by atoms with Crippen LogP contribution < -0.4 is 11.1 Å². The van der Waals surface area contributed by atoms with Gasteiger partial charge in [-0.05, 0) is 39.3 Å². The highest BCUT2D eigenvalue weighted by atomic mass is 16.5. The molecule has 1 fully saturated rings. The SMILES string of the molecule is CCOC(CN)CCN1CCC(C(=O)NC)CC1. The van der Waals surface area contributed by atoms with Crippen molar-refractivity contribution in [1.29, 1.82) is 0 Å². The van der Waals surface area contributed by atoms with Gasteiger partial charge >= 0.3 is 0 Å². The van der Waals surface area contributed by atoms with E-state index in [0.29, 0.717) is 6.54 Å². The number of hydrogen-bond donors (Lipinski definition) is 2. The van der Waals surface area contributed by atoms with Gasteiger partial charge in [-0.15, -0.1) is 0 Å². The summed E-state index contributed by atoms with van der Waals surface area (Å²) in [5, 5.41) is 2.73. The van der Waals surface area contributed by atoms with Crippen LogP contribution in [-0.2, 0) is 9.53 Å². The molecule has 5 nitrogen and oxygen atoms in total. The van der Waals surface area contributed by atoms with E-state index in [0.717, 1.165) is 45.5 Å². The highest BCUT2D eigenvalue weighted by Gasteiger charge is 2.24. The van der Waals surface area contributed by atoms with Crippen LogP contribution in [0.5, 0.6) is 0 Å². The lowest BCUT2D eigenvalue weighted by Gasteiger charge is -2.31. The van der Waals surface area contributed by atoms with Gasteiger partial charge < -0.3 is 20.7 Å². The number of ether oxygens (including phenoxy) is 1. The number of amides is 1. The number of nitrogens with one attached hydrogen (secondary N) is 1. The second-order valence-electron chi connectivity index (χ2n) is 4.83. The minimum absolute atomic E-state index is 0.173. The molecule has 1 aliphatic heterocycles. The first-order valence-electron chi connectivity index (χ1n) is 6.96. The predicted octanol–water partition coefficient (Wildman–Crippen LogP) is 0.198. The number of piperidine rings is 1. The number of carbonyl (C=O) groups is 1. The Bertz CT molecular complexity index is 240. The Balaban J connectivity index is 2.21. The lowest BCUT2D eigenvalue weighted by Crippen LogP contribution is -2.41. The fourth-order valence-electron chi connectivity index (χ4n) is 2.45. The molecule has 5 heteroatoms. The van der Waals surface area contributed by atoms with Crippen molar-refractivity contribution >= 4 is 5.91 Å². The van der Waals surface area contributed by atoms with E-state index in [9.17, 15) is 4.79 Å². The topological polar surface area (TPSA) is 67.6 Å². The average molecular weight is 257 g/mol. The van der Waals surface area contributed by atoms with Crippen LogP contribution >= 0.6 is 0 Å². The van der Waals surface area contributed by atoms with Gasteiger partial charge in [0.15, 0.2) is 0 Å². The monoisotopic (exact) mass is 257 g/mol. The molecule has 1 atom stereocenters.